The number of carbonyl (C=O) groups is 1. The first-order chi connectivity index (χ1) is 17.8. The zero-order valence-electron chi connectivity index (χ0n) is 22.1. The molecule has 37 heavy (non-hydrogen) atoms. The largest absolute Gasteiger partial charge is 0.344 e. The zero-order chi connectivity index (χ0) is 26.4. The highest BCUT2D eigenvalue weighted by Crippen LogP contribution is 2.32. The van der Waals surface area contributed by atoms with Crippen LogP contribution in [0.5, 0.6) is 0 Å². The fourth-order valence-corrected chi connectivity index (χ4v) is 5.31. The molecule has 0 radical (unpaired) electrons. The molecular formula is C28H37FN6OS. The Labute approximate surface area is 223 Å². The first-order valence-electron chi connectivity index (χ1n) is 13.0. The number of hydrogen-bond acceptors (Lipinski definition) is 6. The van der Waals surface area contributed by atoms with E-state index in [0.717, 1.165) is 66.1 Å². The van der Waals surface area contributed by atoms with Crippen LogP contribution in [-0.4, -0.2) is 59.6 Å². The summed E-state index contributed by atoms with van der Waals surface area (Å²) >= 11 is 1.42. The van der Waals surface area contributed by atoms with Crippen LogP contribution in [0.25, 0.3) is 0 Å². The lowest BCUT2D eigenvalue weighted by atomic mass is 9.93. The van der Waals surface area contributed by atoms with Crippen molar-refractivity contribution in [1.29, 1.82) is 0 Å². The van der Waals surface area contributed by atoms with Gasteiger partial charge in [-0.15, -0.1) is 0 Å². The van der Waals surface area contributed by atoms with Gasteiger partial charge in [0.2, 0.25) is 5.13 Å². The smallest absolute Gasteiger partial charge is 0.319 e. The number of para-hydroxylation sites is 1. The van der Waals surface area contributed by atoms with Gasteiger partial charge in [0.1, 0.15) is 11.6 Å². The summed E-state index contributed by atoms with van der Waals surface area (Å²) in [7, 11) is 0. The number of rotatable bonds is 9. The number of urea groups is 1. The minimum atomic E-state index is -0.235. The molecule has 2 aromatic carbocycles. The topological polar surface area (TPSA) is 73.4 Å². The molecule has 198 valence electrons. The number of benzene rings is 2. The number of nitrogens with one attached hydrogen (secondary N) is 2. The minimum Gasteiger partial charge on any atom is -0.344 e. The van der Waals surface area contributed by atoms with E-state index in [4.69, 9.17) is 4.98 Å². The summed E-state index contributed by atoms with van der Waals surface area (Å²) in [6.07, 6.45) is 0.602. The average molecular weight is 525 g/mol. The molecule has 2 amide bonds. The predicted molar refractivity (Wildman–Crippen MR) is 149 cm³/mol. The minimum absolute atomic E-state index is 0.156. The van der Waals surface area contributed by atoms with Crippen LogP contribution >= 0.6 is 11.5 Å². The second-order valence-electron chi connectivity index (χ2n) is 10.1. The van der Waals surface area contributed by atoms with E-state index in [2.05, 4.69) is 70.7 Å². The molecule has 0 saturated carbocycles. The summed E-state index contributed by atoms with van der Waals surface area (Å²) in [5, 5.41) is 7.09. The van der Waals surface area contributed by atoms with Gasteiger partial charge in [0.05, 0.1) is 0 Å². The fourth-order valence-electron chi connectivity index (χ4n) is 4.57. The van der Waals surface area contributed by atoms with Crippen molar-refractivity contribution in [2.45, 2.75) is 46.0 Å². The second kappa shape index (κ2) is 12.5. The third kappa shape index (κ3) is 7.26. The lowest BCUT2D eigenvalue weighted by molar-refractivity contribution is 0.240. The number of hydrogen-bond donors (Lipinski definition) is 2. The number of anilines is 2. The van der Waals surface area contributed by atoms with Gasteiger partial charge in [-0.1, -0.05) is 58.0 Å². The maximum atomic E-state index is 13.1. The lowest BCUT2D eigenvalue weighted by Crippen LogP contribution is -2.48. The molecule has 0 spiro atoms. The maximum absolute atomic E-state index is 13.1. The summed E-state index contributed by atoms with van der Waals surface area (Å²) in [6, 6.07) is 12.6. The molecule has 2 heterocycles. The van der Waals surface area contributed by atoms with Crippen molar-refractivity contribution in [1.82, 2.24) is 19.6 Å². The highest BCUT2D eigenvalue weighted by atomic mass is 32.1. The van der Waals surface area contributed by atoms with Crippen LogP contribution in [0.3, 0.4) is 0 Å². The Morgan fingerprint density at radius 1 is 1.00 bits per heavy atom. The van der Waals surface area contributed by atoms with Gasteiger partial charge in [-0.3, -0.25) is 4.90 Å². The van der Waals surface area contributed by atoms with Gasteiger partial charge in [-0.25, -0.2) is 14.2 Å². The molecule has 1 aliphatic rings. The fraction of sp³-hybridized carbons (Fsp3) is 0.464. The van der Waals surface area contributed by atoms with E-state index in [1.54, 1.807) is 12.1 Å². The summed E-state index contributed by atoms with van der Waals surface area (Å²) < 4.78 is 17.6. The van der Waals surface area contributed by atoms with E-state index in [1.165, 1.54) is 23.7 Å². The van der Waals surface area contributed by atoms with Gasteiger partial charge >= 0.3 is 6.03 Å². The van der Waals surface area contributed by atoms with E-state index in [-0.39, 0.29) is 11.8 Å². The van der Waals surface area contributed by atoms with Gasteiger partial charge in [0, 0.05) is 62.9 Å². The Morgan fingerprint density at radius 2 is 1.65 bits per heavy atom. The Bertz CT molecular complexity index is 1150. The van der Waals surface area contributed by atoms with Crippen molar-refractivity contribution in [2.75, 3.05) is 49.5 Å². The molecule has 1 aliphatic heterocycles. The molecule has 0 aliphatic carbocycles. The molecule has 1 aromatic heterocycles. The van der Waals surface area contributed by atoms with Crippen molar-refractivity contribution in [3.63, 3.8) is 0 Å². The van der Waals surface area contributed by atoms with Crippen molar-refractivity contribution < 1.29 is 9.18 Å². The molecule has 2 N–H and O–H groups in total. The predicted octanol–water partition coefficient (Wildman–Crippen LogP) is 5.46. The monoisotopic (exact) mass is 524 g/mol. The Morgan fingerprint density at radius 3 is 2.27 bits per heavy atom. The first-order valence-corrected chi connectivity index (χ1v) is 13.8. The van der Waals surface area contributed by atoms with Crippen LogP contribution in [0, 0.1) is 5.82 Å². The van der Waals surface area contributed by atoms with Gasteiger partial charge in [-0.05, 0) is 40.7 Å². The molecule has 3 aromatic rings. The summed E-state index contributed by atoms with van der Waals surface area (Å²) in [6.45, 7) is 13.5. The van der Waals surface area contributed by atoms with Crippen molar-refractivity contribution >= 4 is 28.4 Å². The SMILES string of the molecule is CC(C)c1cccc(C(C)C)c1NC(=O)NCCN1CCN(c2nc(Cc3ccc(F)cc3)ns2)CC1. The van der Waals surface area contributed by atoms with E-state index in [0.29, 0.717) is 24.8 Å². The van der Waals surface area contributed by atoms with Crippen LogP contribution < -0.4 is 15.5 Å². The van der Waals surface area contributed by atoms with E-state index in [9.17, 15) is 9.18 Å². The molecule has 1 saturated heterocycles. The van der Waals surface area contributed by atoms with Crippen LogP contribution in [0.1, 0.15) is 62.0 Å². The van der Waals surface area contributed by atoms with Crippen molar-refractivity contribution in [2.24, 2.45) is 0 Å². The van der Waals surface area contributed by atoms with Crippen LogP contribution in [0.2, 0.25) is 0 Å². The molecule has 4 rings (SSSR count). The standard InChI is InChI=1S/C28H37FN6OS/c1-19(2)23-6-5-7-24(20(3)4)26(23)32-27(36)30-12-13-34-14-16-35(17-15-34)28-31-25(33-37-28)18-21-8-10-22(29)11-9-21/h5-11,19-20H,12-18H2,1-4H3,(H2,30,32,36). The first kappa shape index (κ1) is 27.0. The van der Waals surface area contributed by atoms with Crippen LogP contribution in [0.15, 0.2) is 42.5 Å². The highest BCUT2D eigenvalue weighted by molar-refractivity contribution is 7.09. The zero-order valence-corrected chi connectivity index (χ0v) is 22.9. The summed E-state index contributed by atoms with van der Waals surface area (Å²) in [5.74, 6) is 1.19. The number of aromatic nitrogens is 2. The maximum Gasteiger partial charge on any atom is 0.319 e. The Hall–Kier alpha value is -3.04. The van der Waals surface area contributed by atoms with Gasteiger partial charge in [0.25, 0.3) is 0 Å². The average Bonchev–Trinajstić information content (AvgIpc) is 3.34. The molecule has 1 fully saturated rings. The third-order valence-corrected chi connectivity index (χ3v) is 7.52. The van der Waals surface area contributed by atoms with Gasteiger partial charge < -0.3 is 15.5 Å². The molecule has 0 bridgehead atoms. The molecule has 9 heteroatoms. The number of piperazine rings is 1. The van der Waals surface area contributed by atoms with Crippen LogP contribution in [0.4, 0.5) is 20.0 Å². The Balaban J connectivity index is 1.22. The lowest BCUT2D eigenvalue weighted by Gasteiger charge is -2.34. The summed E-state index contributed by atoms with van der Waals surface area (Å²) in [5.41, 5.74) is 4.26. The third-order valence-electron chi connectivity index (χ3n) is 6.70. The normalized spacial score (nSPS) is 14.4. The number of halogens is 1. The molecule has 0 unspecified atom stereocenters. The molecule has 7 nitrogen and oxygen atoms in total. The number of nitrogens with zero attached hydrogens (tertiary/aromatic N) is 4. The van der Waals surface area contributed by atoms with E-state index >= 15 is 0 Å². The van der Waals surface area contributed by atoms with Crippen molar-refractivity contribution in [3.8, 4) is 0 Å². The molecular weight excluding hydrogens is 487 g/mol. The molecule has 0 atom stereocenters. The quantitative estimate of drug-likeness (QED) is 0.389. The van der Waals surface area contributed by atoms with E-state index in [1.807, 2.05) is 0 Å². The summed E-state index contributed by atoms with van der Waals surface area (Å²) in [4.78, 5) is 22.0. The number of carbonyl (C=O) groups excluding carboxylic acids is 1. The van der Waals surface area contributed by atoms with Crippen molar-refractivity contribution in [3.05, 3.63) is 70.8 Å². The van der Waals surface area contributed by atoms with Gasteiger partial charge in [0.15, 0.2) is 0 Å². The van der Waals surface area contributed by atoms with Crippen LogP contribution in [-0.2, 0) is 6.42 Å². The Kier molecular flexibility index (Phi) is 9.10. The second-order valence-corrected chi connectivity index (χ2v) is 10.9. The van der Waals surface area contributed by atoms with Gasteiger partial charge in [-0.2, -0.15) is 4.37 Å². The highest BCUT2D eigenvalue weighted by Gasteiger charge is 2.21. The van der Waals surface area contributed by atoms with E-state index < -0.39 is 0 Å². The number of amides is 2.